The molecule has 1 N–H and O–H groups in total. The van der Waals surface area contributed by atoms with Crippen molar-refractivity contribution in [3.05, 3.63) is 87.9 Å². The van der Waals surface area contributed by atoms with Crippen LogP contribution in [0, 0.1) is 13.8 Å². The third kappa shape index (κ3) is 4.84. The van der Waals surface area contributed by atoms with E-state index in [0.717, 1.165) is 39.7 Å². The van der Waals surface area contributed by atoms with Gasteiger partial charge in [-0.3, -0.25) is 4.79 Å². The second-order valence-corrected chi connectivity index (χ2v) is 9.09. The van der Waals surface area contributed by atoms with Crippen LogP contribution in [-0.2, 0) is 16.6 Å². The van der Waals surface area contributed by atoms with E-state index in [0.29, 0.717) is 17.5 Å². The van der Waals surface area contributed by atoms with Crippen molar-refractivity contribution >= 4 is 23.8 Å². The highest BCUT2D eigenvalue weighted by molar-refractivity contribution is 5.96. The van der Waals surface area contributed by atoms with Gasteiger partial charge in [-0.05, 0) is 69.2 Å². The van der Waals surface area contributed by atoms with E-state index in [4.69, 9.17) is 9.26 Å². The number of aromatic nitrogens is 1. The minimum Gasteiger partial charge on any atom is -0.497 e. The van der Waals surface area contributed by atoms with Crippen LogP contribution in [-0.4, -0.2) is 44.5 Å². The number of benzene rings is 2. The molecular formula is C28H30N4O5. The Balaban J connectivity index is 1.60. The molecule has 0 bridgehead atoms. The Morgan fingerprint density at radius 1 is 1.14 bits per heavy atom. The summed E-state index contributed by atoms with van der Waals surface area (Å²) >= 11 is 0. The summed E-state index contributed by atoms with van der Waals surface area (Å²) in [5.41, 5.74) is 7.97. The van der Waals surface area contributed by atoms with Crippen LogP contribution in [0.4, 0.5) is 5.69 Å². The van der Waals surface area contributed by atoms with E-state index >= 15 is 0 Å². The fourth-order valence-corrected chi connectivity index (χ4v) is 4.75. The fourth-order valence-electron chi connectivity index (χ4n) is 4.75. The molecule has 37 heavy (non-hydrogen) atoms. The van der Waals surface area contributed by atoms with Gasteiger partial charge in [-0.2, -0.15) is 5.10 Å². The molecule has 0 fully saturated rings. The number of hydrazone groups is 1. The SMILES string of the molecule is COC(=O)c1ccc(C(=O)N/N=C/C=C2\N(C)c3cc(OC)ccc3C2(C)Cc2c(C)noc2C)cc1. The third-order valence-electron chi connectivity index (χ3n) is 6.84. The lowest BCUT2D eigenvalue weighted by Crippen LogP contribution is -2.29. The number of likely N-dealkylation sites (N-methyl/N-ethyl adjacent to an activating group) is 1. The fraction of sp³-hybridized carbons (Fsp3) is 0.286. The van der Waals surface area contributed by atoms with Crippen molar-refractivity contribution < 1.29 is 23.6 Å². The number of rotatable bonds is 7. The van der Waals surface area contributed by atoms with Crippen molar-refractivity contribution in [1.29, 1.82) is 0 Å². The first-order valence-corrected chi connectivity index (χ1v) is 11.8. The Kier molecular flexibility index (Phi) is 7.15. The summed E-state index contributed by atoms with van der Waals surface area (Å²) in [4.78, 5) is 26.2. The van der Waals surface area contributed by atoms with Gasteiger partial charge >= 0.3 is 5.97 Å². The maximum Gasteiger partial charge on any atom is 0.337 e. The molecule has 3 aromatic rings. The van der Waals surface area contributed by atoms with Crippen LogP contribution < -0.4 is 15.1 Å². The van der Waals surface area contributed by atoms with Gasteiger partial charge in [0.05, 0.1) is 25.5 Å². The van der Waals surface area contributed by atoms with Crippen molar-refractivity contribution in [2.24, 2.45) is 5.10 Å². The number of esters is 1. The van der Waals surface area contributed by atoms with Gasteiger partial charge in [0.2, 0.25) is 0 Å². The second kappa shape index (κ2) is 10.3. The maximum absolute atomic E-state index is 12.5. The highest BCUT2D eigenvalue weighted by Gasteiger charge is 2.43. The number of hydrogen-bond acceptors (Lipinski definition) is 8. The van der Waals surface area contributed by atoms with Crippen LogP contribution in [0.3, 0.4) is 0 Å². The zero-order chi connectivity index (χ0) is 26.7. The number of nitrogens with zero attached hydrogens (tertiary/aromatic N) is 3. The molecule has 0 radical (unpaired) electrons. The van der Waals surface area contributed by atoms with Gasteiger partial charge in [0, 0.05) is 47.3 Å². The molecule has 1 aliphatic heterocycles. The van der Waals surface area contributed by atoms with Gasteiger partial charge in [-0.1, -0.05) is 11.2 Å². The summed E-state index contributed by atoms with van der Waals surface area (Å²) in [6.45, 7) is 6.04. The average molecular weight is 503 g/mol. The van der Waals surface area contributed by atoms with Gasteiger partial charge in [-0.15, -0.1) is 0 Å². The highest BCUT2D eigenvalue weighted by Crippen LogP contribution is 2.50. The highest BCUT2D eigenvalue weighted by atomic mass is 16.5. The number of ether oxygens (including phenoxy) is 2. The zero-order valence-corrected chi connectivity index (χ0v) is 21.8. The molecule has 0 aliphatic carbocycles. The number of amides is 1. The van der Waals surface area contributed by atoms with Crippen LogP contribution in [0.25, 0.3) is 0 Å². The molecule has 9 nitrogen and oxygen atoms in total. The quantitative estimate of drug-likeness (QED) is 0.291. The Hall–Kier alpha value is -4.40. The van der Waals surface area contributed by atoms with Crippen molar-refractivity contribution in [2.75, 3.05) is 26.2 Å². The molecule has 4 rings (SSSR count). The summed E-state index contributed by atoms with van der Waals surface area (Å²) in [5, 5.41) is 8.27. The summed E-state index contributed by atoms with van der Waals surface area (Å²) < 4.78 is 15.6. The van der Waals surface area contributed by atoms with Crippen LogP contribution in [0.5, 0.6) is 5.75 Å². The van der Waals surface area contributed by atoms with Crippen LogP contribution in [0.2, 0.25) is 0 Å². The normalized spacial score (nSPS) is 17.8. The van der Waals surface area contributed by atoms with Crippen LogP contribution in [0.1, 0.15) is 50.2 Å². The standard InChI is InChI=1S/C28H30N4O5/c1-17-22(18(2)37-31-17)16-28(3)23-12-11-21(35-5)15-24(23)32(4)25(28)13-14-29-30-26(33)19-7-9-20(10-8-19)27(34)36-6/h7-15H,16H2,1-6H3,(H,30,33)/b25-13-,29-14+. The van der Waals surface area contributed by atoms with E-state index in [2.05, 4.69) is 38.3 Å². The Morgan fingerprint density at radius 2 is 1.84 bits per heavy atom. The van der Waals surface area contributed by atoms with Gasteiger partial charge in [-0.25, -0.2) is 10.2 Å². The number of carbonyl (C=O) groups is 2. The predicted molar refractivity (Wildman–Crippen MR) is 140 cm³/mol. The smallest absolute Gasteiger partial charge is 0.337 e. The summed E-state index contributed by atoms with van der Waals surface area (Å²) in [5.74, 6) is 0.709. The van der Waals surface area contributed by atoms with E-state index in [1.807, 2.05) is 39.1 Å². The third-order valence-corrected chi connectivity index (χ3v) is 6.84. The molecule has 2 aromatic carbocycles. The lowest BCUT2D eigenvalue weighted by molar-refractivity contribution is 0.0600. The van der Waals surface area contributed by atoms with Crippen LogP contribution >= 0.6 is 0 Å². The number of hydrogen-bond donors (Lipinski definition) is 1. The van der Waals surface area contributed by atoms with E-state index in [-0.39, 0.29) is 0 Å². The topological polar surface area (TPSA) is 106 Å². The van der Waals surface area contributed by atoms with Crippen molar-refractivity contribution in [2.45, 2.75) is 32.6 Å². The zero-order valence-electron chi connectivity index (χ0n) is 21.8. The lowest BCUT2D eigenvalue weighted by Gasteiger charge is -2.28. The first-order chi connectivity index (χ1) is 17.7. The van der Waals surface area contributed by atoms with Crippen molar-refractivity contribution in [1.82, 2.24) is 10.6 Å². The molecule has 192 valence electrons. The van der Waals surface area contributed by atoms with Gasteiger partial charge < -0.3 is 18.9 Å². The van der Waals surface area contributed by atoms with E-state index < -0.39 is 17.3 Å². The summed E-state index contributed by atoms with van der Waals surface area (Å²) in [6.07, 6.45) is 4.14. The number of aryl methyl sites for hydroxylation is 2. The molecule has 9 heteroatoms. The number of allylic oxidation sites excluding steroid dienone is 2. The number of fused-ring (bicyclic) bond motifs is 1. The Morgan fingerprint density at radius 3 is 2.46 bits per heavy atom. The van der Waals surface area contributed by atoms with E-state index in [1.54, 1.807) is 25.5 Å². The average Bonchev–Trinajstić information content (AvgIpc) is 3.33. The number of nitrogens with one attached hydrogen (secondary N) is 1. The number of carbonyl (C=O) groups excluding carboxylic acids is 2. The lowest BCUT2D eigenvalue weighted by atomic mass is 9.76. The molecule has 1 aromatic heterocycles. The molecule has 0 saturated heterocycles. The largest absolute Gasteiger partial charge is 0.497 e. The van der Waals surface area contributed by atoms with Gasteiger partial charge in [0.15, 0.2) is 0 Å². The second-order valence-electron chi connectivity index (χ2n) is 9.09. The first-order valence-electron chi connectivity index (χ1n) is 11.8. The van der Waals surface area contributed by atoms with Crippen LogP contribution in [0.15, 0.2) is 63.9 Å². The Labute approximate surface area is 215 Å². The van der Waals surface area contributed by atoms with Crippen molar-refractivity contribution in [3.63, 3.8) is 0 Å². The Bertz CT molecular complexity index is 1370. The number of anilines is 1. The molecule has 2 heterocycles. The molecular weight excluding hydrogens is 472 g/mol. The minimum atomic E-state index is -0.462. The molecule has 1 atom stereocenters. The van der Waals surface area contributed by atoms with E-state index in [1.165, 1.54) is 19.2 Å². The predicted octanol–water partition coefficient (Wildman–Crippen LogP) is 4.34. The van der Waals surface area contributed by atoms with Gasteiger partial charge in [0.1, 0.15) is 11.5 Å². The summed E-state index contributed by atoms with van der Waals surface area (Å²) in [6, 6.07) is 12.2. The van der Waals surface area contributed by atoms with E-state index in [9.17, 15) is 9.59 Å². The molecule has 1 aliphatic rings. The maximum atomic E-state index is 12.5. The van der Waals surface area contributed by atoms with Gasteiger partial charge in [0.25, 0.3) is 5.91 Å². The summed E-state index contributed by atoms with van der Waals surface area (Å²) in [7, 11) is 4.95. The molecule has 0 spiro atoms. The monoisotopic (exact) mass is 502 g/mol. The van der Waals surface area contributed by atoms with Crippen molar-refractivity contribution in [3.8, 4) is 5.75 Å². The molecule has 0 saturated carbocycles. The number of methoxy groups -OCH3 is 2. The molecule has 1 amide bonds. The first kappa shape index (κ1) is 25.7. The minimum absolute atomic E-state index is 0.366. The molecule has 1 unspecified atom stereocenters.